The number of piperidine rings is 2. The van der Waals surface area contributed by atoms with Crippen LogP contribution in [-0.4, -0.2) is 85.1 Å². The van der Waals surface area contributed by atoms with Gasteiger partial charge in [0, 0.05) is 61.5 Å². The average molecular weight is 808 g/mol. The van der Waals surface area contributed by atoms with Crippen LogP contribution in [0.15, 0.2) is 48.7 Å². The fraction of sp³-hybridized carbons (Fsp3) is 0.419. The largest absolute Gasteiger partial charge is 0.477 e. The summed E-state index contributed by atoms with van der Waals surface area (Å²) in [5.41, 5.74) is 4.48. The molecule has 3 N–H and O–H groups in total. The van der Waals surface area contributed by atoms with Gasteiger partial charge in [0.05, 0.1) is 41.0 Å². The highest BCUT2D eigenvalue weighted by Gasteiger charge is 2.33. The molecule has 0 aliphatic carbocycles. The van der Waals surface area contributed by atoms with E-state index in [9.17, 15) is 19.2 Å². The Bertz CT molecular complexity index is 2430. The SMILES string of the molecule is Cc1cc2cc(n1)-c1cnn(C)c1OCCC[C@@H](C)Cn1c(nc3ccc(C(=O)N4CCC(NCCc5cc(F)c([C@H]6CCC(=O)NC6=O)c(F)c5)CC4)cc31)NC2=O. The highest BCUT2D eigenvalue weighted by Crippen LogP contribution is 2.32. The van der Waals surface area contributed by atoms with Gasteiger partial charge in [-0.1, -0.05) is 6.92 Å². The number of imidazole rings is 1. The van der Waals surface area contributed by atoms with Crippen molar-refractivity contribution in [1.29, 1.82) is 0 Å². The molecular formula is C43H47F2N9O5. The fourth-order valence-electron chi connectivity index (χ4n) is 8.40. The molecule has 0 spiro atoms. The Morgan fingerprint density at radius 2 is 1.76 bits per heavy atom. The minimum Gasteiger partial charge on any atom is -0.477 e. The number of rotatable bonds is 6. The van der Waals surface area contributed by atoms with Crippen molar-refractivity contribution in [3.05, 3.63) is 88.2 Å². The Labute approximate surface area is 339 Å². The Balaban J connectivity index is 0.927. The molecule has 6 heterocycles. The number of pyridine rings is 1. The number of anilines is 1. The molecule has 0 radical (unpaired) electrons. The van der Waals surface area contributed by atoms with Crippen LogP contribution in [0.1, 0.15) is 88.9 Å². The second-order valence-corrected chi connectivity index (χ2v) is 15.9. The van der Waals surface area contributed by atoms with E-state index in [1.807, 2.05) is 35.6 Å². The summed E-state index contributed by atoms with van der Waals surface area (Å²) in [6, 6.07) is 11.5. The van der Waals surface area contributed by atoms with Crippen molar-refractivity contribution in [2.75, 3.05) is 31.6 Å². The molecule has 0 saturated carbocycles. The summed E-state index contributed by atoms with van der Waals surface area (Å²) in [7, 11) is 1.82. The van der Waals surface area contributed by atoms with Gasteiger partial charge in [0.15, 0.2) is 0 Å². The van der Waals surface area contributed by atoms with Gasteiger partial charge in [0.1, 0.15) is 11.6 Å². The number of imide groups is 1. The third-order valence-electron chi connectivity index (χ3n) is 11.5. The number of aromatic nitrogens is 5. The number of aryl methyl sites for hydroxylation is 2. The molecule has 2 saturated heterocycles. The molecule has 16 heteroatoms. The topological polar surface area (TPSA) is 165 Å². The first-order valence-corrected chi connectivity index (χ1v) is 20.2. The van der Waals surface area contributed by atoms with Gasteiger partial charge in [-0.2, -0.15) is 5.10 Å². The Kier molecular flexibility index (Phi) is 11.2. The maximum absolute atomic E-state index is 15.0. The first-order chi connectivity index (χ1) is 28.4. The lowest BCUT2D eigenvalue weighted by Crippen LogP contribution is -2.45. The van der Waals surface area contributed by atoms with E-state index < -0.39 is 29.4 Å². The number of fused-ring (bicyclic) bond motifs is 7. The summed E-state index contributed by atoms with van der Waals surface area (Å²) < 4.78 is 39.9. The van der Waals surface area contributed by atoms with Crippen LogP contribution in [-0.2, 0) is 29.6 Å². The van der Waals surface area contributed by atoms with Crippen molar-refractivity contribution in [2.45, 2.75) is 77.3 Å². The van der Waals surface area contributed by atoms with Gasteiger partial charge in [0.2, 0.25) is 23.6 Å². The summed E-state index contributed by atoms with van der Waals surface area (Å²) in [6.07, 6.45) is 5.22. The number of amides is 4. The summed E-state index contributed by atoms with van der Waals surface area (Å²) in [5, 5.41) is 13.0. The average Bonchev–Trinajstić information content (AvgIpc) is 3.74. The highest BCUT2D eigenvalue weighted by molar-refractivity contribution is 6.05. The van der Waals surface area contributed by atoms with E-state index >= 15 is 8.78 Å². The van der Waals surface area contributed by atoms with Gasteiger partial charge in [-0.25, -0.2) is 18.4 Å². The molecular weight excluding hydrogens is 761 g/mol. The van der Waals surface area contributed by atoms with Crippen molar-refractivity contribution >= 4 is 40.6 Å². The molecule has 2 aromatic carbocycles. The zero-order chi connectivity index (χ0) is 41.4. The maximum atomic E-state index is 15.0. The minimum absolute atomic E-state index is 0.0358. The Morgan fingerprint density at radius 3 is 2.53 bits per heavy atom. The molecule has 14 nitrogen and oxygen atoms in total. The number of hydrogen-bond donors (Lipinski definition) is 3. The monoisotopic (exact) mass is 807 g/mol. The molecule has 5 aromatic rings. The number of benzene rings is 2. The zero-order valence-corrected chi connectivity index (χ0v) is 33.3. The molecule has 308 valence electrons. The normalized spacial score (nSPS) is 19.3. The van der Waals surface area contributed by atoms with Crippen LogP contribution in [0.25, 0.3) is 22.3 Å². The predicted molar refractivity (Wildman–Crippen MR) is 215 cm³/mol. The van der Waals surface area contributed by atoms with Crippen LogP contribution in [0.4, 0.5) is 14.7 Å². The molecule has 2 fully saturated rings. The summed E-state index contributed by atoms with van der Waals surface area (Å²) >= 11 is 0. The van der Waals surface area contributed by atoms with Crippen molar-refractivity contribution in [3.8, 4) is 17.1 Å². The van der Waals surface area contributed by atoms with E-state index in [2.05, 4.69) is 33.0 Å². The number of carbonyl (C=O) groups excluding carboxylic acids is 4. The quantitative estimate of drug-likeness (QED) is 0.190. The Morgan fingerprint density at radius 1 is 0.983 bits per heavy atom. The van der Waals surface area contributed by atoms with E-state index in [1.165, 1.54) is 12.1 Å². The number of ether oxygens (including phenoxy) is 1. The number of hydrogen-bond acceptors (Lipinski definition) is 9. The van der Waals surface area contributed by atoms with E-state index in [0.717, 1.165) is 18.4 Å². The summed E-state index contributed by atoms with van der Waals surface area (Å²) in [6.45, 7) is 6.57. The van der Waals surface area contributed by atoms with Gasteiger partial charge in [0.25, 0.3) is 11.8 Å². The van der Waals surface area contributed by atoms with Gasteiger partial charge in [-0.05, 0) is 106 Å². The zero-order valence-electron chi connectivity index (χ0n) is 33.3. The predicted octanol–water partition coefficient (Wildman–Crippen LogP) is 5.44. The third kappa shape index (κ3) is 8.44. The van der Waals surface area contributed by atoms with Crippen LogP contribution in [0.5, 0.6) is 5.88 Å². The van der Waals surface area contributed by atoms with Gasteiger partial charge >= 0.3 is 0 Å². The molecule has 2 bridgehead atoms. The number of halogens is 2. The second-order valence-electron chi connectivity index (χ2n) is 15.9. The summed E-state index contributed by atoms with van der Waals surface area (Å²) in [4.78, 5) is 62.7. The first kappa shape index (κ1) is 39.8. The molecule has 59 heavy (non-hydrogen) atoms. The number of carbonyl (C=O) groups is 4. The van der Waals surface area contributed by atoms with Crippen molar-refractivity contribution in [2.24, 2.45) is 13.0 Å². The van der Waals surface area contributed by atoms with Crippen LogP contribution < -0.4 is 20.7 Å². The summed E-state index contributed by atoms with van der Waals surface area (Å²) in [5.74, 6) is -2.99. The van der Waals surface area contributed by atoms with E-state index in [1.54, 1.807) is 29.1 Å². The van der Waals surface area contributed by atoms with Crippen LogP contribution in [0.2, 0.25) is 0 Å². The van der Waals surface area contributed by atoms with Gasteiger partial charge in [-0.15, -0.1) is 0 Å². The molecule has 8 rings (SSSR count). The van der Waals surface area contributed by atoms with Crippen LogP contribution in [0.3, 0.4) is 0 Å². The number of nitrogens with zero attached hydrogens (tertiary/aromatic N) is 6. The first-order valence-electron chi connectivity index (χ1n) is 20.2. The third-order valence-corrected chi connectivity index (χ3v) is 11.5. The van der Waals surface area contributed by atoms with Gasteiger partial charge in [-0.3, -0.25) is 34.8 Å². The van der Waals surface area contributed by atoms with Crippen LogP contribution in [0, 0.1) is 24.5 Å². The molecule has 3 aliphatic rings. The standard InChI is InChI=1S/C43H47F2N9O5/c1-24-5-4-16-59-42-31(22-47-52(42)3)35-20-28(17-25(2)48-35)39(56)51-43-49-34-8-6-27(21-36(34)54(43)23-24)41(58)53-14-11-29(12-15-53)46-13-10-26-18-32(44)38(33(45)19-26)30-7-9-37(55)50-40(30)57/h6,8,17-22,24,29-30,46H,4-5,7,9-16,23H2,1-3H3,(H,49,51,56)(H,50,55,57)/t24-,30-/m1/s1. The van der Waals surface area contributed by atoms with Crippen molar-refractivity contribution < 1.29 is 32.7 Å². The maximum Gasteiger partial charge on any atom is 0.258 e. The highest BCUT2D eigenvalue weighted by atomic mass is 19.1. The molecule has 3 aliphatic heterocycles. The van der Waals surface area contributed by atoms with Crippen molar-refractivity contribution in [3.63, 3.8) is 0 Å². The number of likely N-dealkylation sites (tertiary alicyclic amines) is 1. The molecule has 0 unspecified atom stereocenters. The smallest absolute Gasteiger partial charge is 0.258 e. The Hall–Kier alpha value is -6.03. The lowest BCUT2D eigenvalue weighted by atomic mass is 9.89. The molecule has 3 aromatic heterocycles. The second kappa shape index (κ2) is 16.7. The molecule has 2 atom stereocenters. The lowest BCUT2D eigenvalue weighted by molar-refractivity contribution is -0.134. The lowest BCUT2D eigenvalue weighted by Gasteiger charge is -2.32. The minimum atomic E-state index is -1.03. The van der Waals surface area contributed by atoms with E-state index in [4.69, 9.17) is 9.72 Å². The van der Waals surface area contributed by atoms with Gasteiger partial charge < -0.3 is 19.5 Å². The van der Waals surface area contributed by atoms with Crippen LogP contribution >= 0.6 is 0 Å². The number of nitrogens with one attached hydrogen (secondary N) is 3. The van der Waals surface area contributed by atoms with Crippen molar-refractivity contribution in [1.82, 2.24) is 39.8 Å². The van der Waals surface area contributed by atoms with E-state index in [-0.39, 0.29) is 42.2 Å². The van der Waals surface area contributed by atoms with E-state index in [0.29, 0.717) is 103 Å². The fourth-order valence-corrected chi connectivity index (χ4v) is 8.40. The molecule has 4 amide bonds.